The van der Waals surface area contributed by atoms with Crippen LogP contribution in [0.2, 0.25) is 0 Å². The van der Waals surface area contributed by atoms with Crippen LogP contribution in [0.5, 0.6) is 5.75 Å². The van der Waals surface area contributed by atoms with Crippen LogP contribution in [0.4, 0.5) is 0 Å². The zero-order chi connectivity index (χ0) is 17.5. The van der Waals surface area contributed by atoms with Gasteiger partial charge in [0, 0.05) is 26.6 Å². The molecule has 0 spiro atoms. The number of hydrogen-bond acceptors (Lipinski definition) is 3. The third-order valence-electron chi connectivity index (χ3n) is 3.91. The Morgan fingerprint density at radius 3 is 2.84 bits per heavy atom. The number of nitrogens with one attached hydrogen (secondary N) is 3. The lowest BCUT2D eigenvalue weighted by Crippen LogP contribution is -2.37. The highest BCUT2D eigenvalue weighted by Gasteiger charge is 2.03. The number of fused-ring (bicyclic) bond motifs is 1. The Morgan fingerprint density at radius 1 is 1.16 bits per heavy atom. The molecule has 6 heteroatoms. The molecule has 0 unspecified atom stereocenters. The normalized spacial score (nSPS) is 11.5. The average molecular weight is 337 g/mol. The van der Waals surface area contributed by atoms with Gasteiger partial charge in [-0.05, 0) is 29.8 Å². The highest BCUT2D eigenvalue weighted by Crippen LogP contribution is 2.12. The van der Waals surface area contributed by atoms with Gasteiger partial charge in [0.25, 0.3) is 0 Å². The first-order chi connectivity index (χ1) is 12.3. The number of hydrogen-bond donors (Lipinski definition) is 3. The zero-order valence-electron chi connectivity index (χ0n) is 14.5. The van der Waals surface area contributed by atoms with Crippen LogP contribution in [0.3, 0.4) is 0 Å². The molecule has 0 aliphatic carbocycles. The van der Waals surface area contributed by atoms with Crippen LogP contribution < -0.4 is 15.4 Å². The van der Waals surface area contributed by atoms with Crippen LogP contribution in [-0.2, 0) is 13.0 Å². The molecule has 0 aliphatic rings. The maximum Gasteiger partial charge on any atom is 0.191 e. The van der Waals surface area contributed by atoms with Crippen LogP contribution in [0.1, 0.15) is 11.4 Å². The predicted molar refractivity (Wildman–Crippen MR) is 101 cm³/mol. The summed E-state index contributed by atoms with van der Waals surface area (Å²) in [7, 11) is 3.44. The van der Waals surface area contributed by atoms with Crippen molar-refractivity contribution >= 4 is 17.0 Å². The Morgan fingerprint density at radius 2 is 2.04 bits per heavy atom. The Bertz CT molecular complexity index is 823. The summed E-state index contributed by atoms with van der Waals surface area (Å²) < 4.78 is 5.24. The quantitative estimate of drug-likeness (QED) is 0.477. The van der Waals surface area contributed by atoms with Gasteiger partial charge in [0.05, 0.1) is 18.1 Å². The highest BCUT2D eigenvalue weighted by atomic mass is 16.5. The standard InChI is InChI=1S/C19H23N5O/c1-20-19(22-13-14-6-5-7-15(12-14)25-2)21-11-10-18-23-16-8-3-4-9-17(16)24-18/h3-9,12H,10-11,13H2,1-2H3,(H,23,24)(H2,20,21,22). The minimum absolute atomic E-state index is 0.682. The Balaban J connectivity index is 1.49. The number of guanidine groups is 1. The molecule has 3 rings (SSSR count). The van der Waals surface area contributed by atoms with Crippen LogP contribution in [0, 0.1) is 0 Å². The monoisotopic (exact) mass is 337 g/mol. The molecule has 6 nitrogen and oxygen atoms in total. The number of H-pyrrole nitrogens is 1. The maximum absolute atomic E-state index is 5.24. The molecule has 1 aromatic heterocycles. The van der Waals surface area contributed by atoms with E-state index in [1.165, 1.54) is 0 Å². The molecule has 0 bridgehead atoms. The third kappa shape index (κ3) is 4.50. The smallest absolute Gasteiger partial charge is 0.191 e. The van der Waals surface area contributed by atoms with Gasteiger partial charge >= 0.3 is 0 Å². The van der Waals surface area contributed by atoms with Crippen molar-refractivity contribution in [2.24, 2.45) is 4.99 Å². The number of aromatic nitrogens is 2. The molecule has 0 amide bonds. The fourth-order valence-corrected chi connectivity index (χ4v) is 2.61. The molecule has 3 aromatic rings. The summed E-state index contributed by atoms with van der Waals surface area (Å²) in [6.45, 7) is 1.43. The first kappa shape index (κ1) is 16.8. The summed E-state index contributed by atoms with van der Waals surface area (Å²) in [4.78, 5) is 12.2. The van der Waals surface area contributed by atoms with Crippen LogP contribution in [0.15, 0.2) is 53.5 Å². The molecular formula is C19H23N5O. The molecule has 0 atom stereocenters. The van der Waals surface area contributed by atoms with Crippen molar-refractivity contribution < 1.29 is 4.74 Å². The van der Waals surface area contributed by atoms with E-state index in [4.69, 9.17) is 4.74 Å². The molecule has 130 valence electrons. The number of ether oxygens (including phenoxy) is 1. The number of nitrogens with zero attached hydrogens (tertiary/aromatic N) is 2. The van der Waals surface area contributed by atoms with Gasteiger partial charge in [0.15, 0.2) is 5.96 Å². The number of aromatic amines is 1. The minimum atomic E-state index is 0.682. The van der Waals surface area contributed by atoms with Crippen molar-refractivity contribution in [1.82, 2.24) is 20.6 Å². The fourth-order valence-electron chi connectivity index (χ4n) is 2.61. The molecule has 0 aliphatic heterocycles. The van der Waals surface area contributed by atoms with Gasteiger partial charge in [0.1, 0.15) is 11.6 Å². The summed E-state index contributed by atoms with van der Waals surface area (Å²) >= 11 is 0. The van der Waals surface area contributed by atoms with E-state index in [-0.39, 0.29) is 0 Å². The zero-order valence-corrected chi connectivity index (χ0v) is 14.5. The molecule has 25 heavy (non-hydrogen) atoms. The summed E-state index contributed by atoms with van der Waals surface area (Å²) in [5.74, 6) is 2.59. The van der Waals surface area contributed by atoms with E-state index < -0.39 is 0 Å². The second kappa shape index (κ2) is 8.19. The van der Waals surface area contributed by atoms with Crippen LogP contribution in [-0.4, -0.2) is 36.6 Å². The van der Waals surface area contributed by atoms with E-state index in [1.807, 2.05) is 42.5 Å². The second-order valence-corrected chi connectivity index (χ2v) is 5.65. The topological polar surface area (TPSA) is 74.3 Å². The van der Waals surface area contributed by atoms with Crippen molar-refractivity contribution in [3.05, 3.63) is 59.9 Å². The summed E-state index contributed by atoms with van der Waals surface area (Å²) in [5, 5.41) is 6.61. The lowest BCUT2D eigenvalue weighted by atomic mass is 10.2. The van der Waals surface area contributed by atoms with E-state index in [1.54, 1.807) is 14.2 Å². The van der Waals surface area contributed by atoms with Gasteiger partial charge < -0.3 is 20.4 Å². The third-order valence-corrected chi connectivity index (χ3v) is 3.91. The number of methoxy groups -OCH3 is 1. The predicted octanol–water partition coefficient (Wildman–Crippen LogP) is 2.48. The Kier molecular flexibility index (Phi) is 5.51. The highest BCUT2D eigenvalue weighted by molar-refractivity contribution is 5.79. The van der Waals surface area contributed by atoms with Gasteiger partial charge in [-0.15, -0.1) is 0 Å². The molecule has 1 heterocycles. The molecule has 0 fully saturated rings. The van der Waals surface area contributed by atoms with Gasteiger partial charge in [-0.3, -0.25) is 4.99 Å². The van der Waals surface area contributed by atoms with E-state index in [0.717, 1.165) is 47.1 Å². The SMILES string of the molecule is CN=C(NCCc1nc2ccccc2[nH]1)NCc1cccc(OC)c1. The van der Waals surface area contributed by atoms with Gasteiger partial charge in [-0.1, -0.05) is 24.3 Å². The molecule has 3 N–H and O–H groups in total. The molecule has 0 saturated carbocycles. The van der Waals surface area contributed by atoms with Crippen molar-refractivity contribution in [2.45, 2.75) is 13.0 Å². The van der Waals surface area contributed by atoms with Crippen molar-refractivity contribution in [2.75, 3.05) is 20.7 Å². The number of imidazole rings is 1. The first-order valence-electron chi connectivity index (χ1n) is 8.29. The van der Waals surface area contributed by atoms with E-state index in [2.05, 4.69) is 31.7 Å². The average Bonchev–Trinajstić information content (AvgIpc) is 3.07. The number of rotatable bonds is 6. The summed E-state index contributed by atoms with van der Waals surface area (Å²) in [6, 6.07) is 16.0. The number of para-hydroxylation sites is 2. The van der Waals surface area contributed by atoms with Crippen molar-refractivity contribution in [1.29, 1.82) is 0 Å². The maximum atomic E-state index is 5.24. The van der Waals surface area contributed by atoms with Gasteiger partial charge in [-0.25, -0.2) is 4.98 Å². The molecule has 2 aromatic carbocycles. The van der Waals surface area contributed by atoms with Crippen LogP contribution in [0.25, 0.3) is 11.0 Å². The lowest BCUT2D eigenvalue weighted by molar-refractivity contribution is 0.414. The summed E-state index contributed by atoms with van der Waals surface area (Å²) in [6.07, 6.45) is 0.800. The van der Waals surface area contributed by atoms with E-state index in [0.29, 0.717) is 6.54 Å². The number of aliphatic imine (C=N–C) groups is 1. The largest absolute Gasteiger partial charge is 0.497 e. The van der Waals surface area contributed by atoms with Gasteiger partial charge in [-0.2, -0.15) is 0 Å². The van der Waals surface area contributed by atoms with Crippen LogP contribution >= 0.6 is 0 Å². The number of benzene rings is 2. The fraction of sp³-hybridized carbons (Fsp3) is 0.263. The van der Waals surface area contributed by atoms with E-state index >= 15 is 0 Å². The van der Waals surface area contributed by atoms with E-state index in [9.17, 15) is 0 Å². The van der Waals surface area contributed by atoms with Crippen molar-refractivity contribution in [3.63, 3.8) is 0 Å². The second-order valence-electron chi connectivity index (χ2n) is 5.65. The van der Waals surface area contributed by atoms with Gasteiger partial charge in [0.2, 0.25) is 0 Å². The Labute approximate surface area is 147 Å². The molecule has 0 radical (unpaired) electrons. The first-order valence-corrected chi connectivity index (χ1v) is 8.29. The molecular weight excluding hydrogens is 314 g/mol. The summed E-state index contributed by atoms with van der Waals surface area (Å²) in [5.41, 5.74) is 3.20. The lowest BCUT2D eigenvalue weighted by Gasteiger charge is -2.12. The molecule has 0 saturated heterocycles. The van der Waals surface area contributed by atoms with Crippen molar-refractivity contribution in [3.8, 4) is 5.75 Å². The minimum Gasteiger partial charge on any atom is -0.497 e. The Hall–Kier alpha value is -3.02.